The molecule has 0 aromatic heterocycles. The number of hydrogen-bond acceptors (Lipinski definition) is 5. The van der Waals surface area contributed by atoms with Gasteiger partial charge in [-0.05, 0) is 44.1 Å². The number of likely N-dealkylation sites (tertiary alicyclic amines) is 1. The quantitative estimate of drug-likeness (QED) is 0.487. The minimum Gasteiger partial charge on any atom is -2.00 e. The Kier molecular flexibility index (Phi) is 22.8. The summed E-state index contributed by atoms with van der Waals surface area (Å²) < 4.78 is 28.1. The van der Waals surface area contributed by atoms with Crippen LogP contribution in [-0.2, 0) is 26.5 Å². The van der Waals surface area contributed by atoms with Crippen LogP contribution >= 0.6 is 0 Å². The molecule has 160 valence electrons. The summed E-state index contributed by atoms with van der Waals surface area (Å²) in [4.78, 5) is 14.6. The Hall–Kier alpha value is -0.735. The van der Waals surface area contributed by atoms with Crippen molar-refractivity contribution in [2.24, 2.45) is 5.14 Å². The second kappa shape index (κ2) is 17.0. The molecule has 11 nitrogen and oxygen atoms in total. The van der Waals surface area contributed by atoms with Crippen LogP contribution in [0.1, 0.15) is 30.1 Å². The molecule has 1 aromatic rings. The molecule has 0 bridgehead atoms. The Morgan fingerprint density at radius 1 is 1.28 bits per heavy atom. The van der Waals surface area contributed by atoms with Crippen molar-refractivity contribution in [3.8, 4) is 5.75 Å². The van der Waals surface area contributed by atoms with Crippen LogP contribution in [0.3, 0.4) is 0 Å². The van der Waals surface area contributed by atoms with Crippen LogP contribution < -0.4 is 15.2 Å². The molecule has 1 unspecified atom stereocenters. The zero-order chi connectivity index (χ0) is 17.0. The third-order valence-electron chi connectivity index (χ3n) is 4.15. The van der Waals surface area contributed by atoms with Crippen LogP contribution in [-0.4, -0.2) is 92.2 Å². The van der Waals surface area contributed by atoms with Gasteiger partial charge in [0.1, 0.15) is 5.75 Å². The normalized spacial score (nSPS) is 14.9. The summed E-state index contributed by atoms with van der Waals surface area (Å²) in [7, 11) is -2.44. The average Bonchev–Trinajstić information content (AvgIpc) is 2.98. The summed E-state index contributed by atoms with van der Waals surface area (Å²) in [6.45, 7) is 4.61. The Morgan fingerprint density at radius 3 is 2.34 bits per heavy atom. The Morgan fingerprint density at radius 2 is 1.86 bits per heavy atom. The molecule has 14 heteroatoms. The molecular formula is C15H25Al2N3O8S. The summed E-state index contributed by atoms with van der Waals surface area (Å²) in [6.07, 6.45) is 2.17. The van der Waals surface area contributed by atoms with Crippen LogP contribution in [0.25, 0.3) is 0 Å². The molecule has 1 amide bonds. The average molecular weight is 461 g/mol. The standard InChI is InChI=1S/C15H23N3O4S.2Al.H2O.3O/c1-3-18-8-4-5-11(18)10-17-15(19)13-9-12(23(16,20)21)6-7-14(13)22-2;;;;;;/h6-7,9,11H,3-5,8,10H2,1-2H3,(H,17,19)(H2,16,20,21);;;1H2;;;/q;2*+3;;3*-2. The Balaban J connectivity index is -0.000000320. The van der Waals surface area contributed by atoms with Gasteiger partial charge in [0.25, 0.3) is 5.91 Å². The molecule has 1 aliphatic rings. The number of carbonyl (C=O) groups excluding carboxylic acids is 1. The number of primary sulfonamides is 1. The largest absolute Gasteiger partial charge is 3.00 e. The van der Waals surface area contributed by atoms with Gasteiger partial charge in [-0.15, -0.1) is 0 Å². The van der Waals surface area contributed by atoms with Crippen molar-refractivity contribution >= 4 is 50.7 Å². The zero-order valence-electron chi connectivity index (χ0n) is 16.3. The van der Waals surface area contributed by atoms with Crippen LogP contribution in [0.2, 0.25) is 0 Å². The first-order valence-electron chi connectivity index (χ1n) is 7.60. The summed E-state index contributed by atoms with van der Waals surface area (Å²) in [5.74, 6) is -0.0519. The number of ether oxygens (including phenoxy) is 1. The number of hydrogen-bond donors (Lipinski definition) is 2. The number of methoxy groups -OCH3 is 1. The molecule has 1 heterocycles. The maximum Gasteiger partial charge on any atom is 3.00 e. The van der Waals surface area contributed by atoms with E-state index in [4.69, 9.17) is 9.88 Å². The van der Waals surface area contributed by atoms with E-state index < -0.39 is 10.0 Å². The maximum absolute atomic E-state index is 12.4. The third-order valence-corrected chi connectivity index (χ3v) is 5.06. The summed E-state index contributed by atoms with van der Waals surface area (Å²) in [5.41, 5.74) is 0.167. The van der Waals surface area contributed by atoms with Crippen molar-refractivity contribution in [2.75, 3.05) is 26.7 Å². The first-order valence-corrected chi connectivity index (χ1v) is 9.14. The molecule has 1 saturated heterocycles. The van der Waals surface area contributed by atoms with Gasteiger partial charge in [-0.3, -0.25) is 9.69 Å². The number of benzene rings is 1. The molecule has 0 spiro atoms. The van der Waals surface area contributed by atoms with Crippen molar-refractivity contribution in [1.29, 1.82) is 0 Å². The van der Waals surface area contributed by atoms with Gasteiger partial charge in [0.05, 0.1) is 17.6 Å². The minimum absolute atomic E-state index is 0. The van der Waals surface area contributed by atoms with E-state index in [0.29, 0.717) is 18.3 Å². The summed E-state index contributed by atoms with van der Waals surface area (Å²) >= 11 is 0. The molecule has 0 saturated carbocycles. The van der Waals surface area contributed by atoms with Gasteiger partial charge < -0.3 is 32.0 Å². The van der Waals surface area contributed by atoms with Crippen molar-refractivity contribution in [2.45, 2.75) is 30.7 Å². The first-order chi connectivity index (χ1) is 10.9. The van der Waals surface area contributed by atoms with Gasteiger partial charge in [0.15, 0.2) is 0 Å². The third kappa shape index (κ3) is 10.2. The van der Waals surface area contributed by atoms with Crippen LogP contribution in [0.4, 0.5) is 0 Å². The molecule has 1 aliphatic heterocycles. The summed E-state index contributed by atoms with van der Waals surface area (Å²) in [6, 6.07) is 4.32. The van der Waals surface area contributed by atoms with E-state index in [1.807, 2.05) is 0 Å². The minimum atomic E-state index is -3.87. The van der Waals surface area contributed by atoms with Gasteiger partial charge in [-0.2, -0.15) is 0 Å². The van der Waals surface area contributed by atoms with Gasteiger partial charge in [-0.25, -0.2) is 13.6 Å². The van der Waals surface area contributed by atoms with Crippen molar-refractivity contribution in [1.82, 2.24) is 10.2 Å². The van der Waals surface area contributed by atoms with Crippen molar-refractivity contribution < 1.29 is 39.9 Å². The van der Waals surface area contributed by atoms with Crippen LogP contribution in [0.15, 0.2) is 23.1 Å². The topological polar surface area (TPSA) is 219 Å². The van der Waals surface area contributed by atoms with Crippen LogP contribution in [0.5, 0.6) is 5.75 Å². The van der Waals surface area contributed by atoms with E-state index in [1.54, 1.807) is 0 Å². The number of carbonyl (C=O) groups is 1. The van der Waals surface area contributed by atoms with Gasteiger partial charge >= 0.3 is 34.7 Å². The second-order valence-corrected chi connectivity index (χ2v) is 7.10. The number of nitrogens with zero attached hydrogens (tertiary/aromatic N) is 1. The van der Waals surface area contributed by atoms with Crippen LogP contribution in [0, 0.1) is 0 Å². The van der Waals surface area contributed by atoms with E-state index in [-0.39, 0.29) is 73.0 Å². The number of rotatable bonds is 6. The fourth-order valence-electron chi connectivity index (χ4n) is 2.89. The molecule has 5 N–H and O–H groups in total. The molecule has 1 fully saturated rings. The SMILES string of the molecule is CCN1CCCC1CNC(=O)c1cc(S(N)(=O)=O)ccc1OC.O.[Al+3].[Al+3].[O-2].[O-2].[O-2]. The molecule has 1 aromatic carbocycles. The van der Waals surface area contributed by atoms with Gasteiger partial charge in [0, 0.05) is 12.6 Å². The summed E-state index contributed by atoms with van der Waals surface area (Å²) in [5, 5.41) is 7.98. The van der Waals surface area contributed by atoms with E-state index in [2.05, 4.69) is 17.1 Å². The second-order valence-electron chi connectivity index (χ2n) is 5.54. The van der Waals surface area contributed by atoms with Gasteiger partial charge in [0.2, 0.25) is 10.0 Å². The molecular weight excluding hydrogens is 436 g/mol. The monoisotopic (exact) mass is 461 g/mol. The zero-order valence-corrected chi connectivity index (χ0v) is 19.4. The van der Waals surface area contributed by atoms with Crippen molar-refractivity contribution in [3.63, 3.8) is 0 Å². The van der Waals surface area contributed by atoms with Crippen molar-refractivity contribution in [3.05, 3.63) is 23.8 Å². The molecule has 1 atom stereocenters. The predicted octanol–water partition coefficient (Wildman–Crippen LogP) is -1.39. The molecule has 29 heavy (non-hydrogen) atoms. The number of nitrogens with two attached hydrogens (primary N) is 1. The maximum atomic E-state index is 12.4. The Bertz CT molecular complexity index is 694. The first kappa shape index (κ1) is 38.8. The fourth-order valence-corrected chi connectivity index (χ4v) is 3.43. The fraction of sp³-hybridized carbons (Fsp3) is 0.533. The molecule has 0 aliphatic carbocycles. The Labute approximate surface area is 192 Å². The number of nitrogens with one attached hydrogen (secondary N) is 1. The van der Waals surface area contributed by atoms with E-state index in [1.165, 1.54) is 25.3 Å². The molecule has 0 radical (unpaired) electrons. The predicted molar refractivity (Wildman–Crippen MR) is 104 cm³/mol. The molecule has 2 rings (SSSR count). The number of sulfonamides is 1. The van der Waals surface area contributed by atoms with E-state index in [0.717, 1.165) is 25.9 Å². The smallest absolute Gasteiger partial charge is 2.00 e. The van der Waals surface area contributed by atoms with E-state index >= 15 is 0 Å². The number of amides is 1. The van der Waals surface area contributed by atoms with E-state index in [9.17, 15) is 13.2 Å². The van der Waals surface area contributed by atoms with Gasteiger partial charge in [-0.1, -0.05) is 6.92 Å². The number of likely N-dealkylation sites (N-methyl/N-ethyl adjacent to an activating group) is 1.